The molecule has 0 unspecified atom stereocenters. The van der Waals surface area contributed by atoms with Crippen LogP contribution in [0, 0.1) is 18.7 Å². The van der Waals surface area contributed by atoms with Gasteiger partial charge in [-0.15, -0.1) is 11.3 Å². The zero-order valence-electron chi connectivity index (χ0n) is 18.0. The molecule has 1 N–H and O–H groups in total. The van der Waals surface area contributed by atoms with E-state index in [9.17, 15) is 14.0 Å². The molecule has 1 amide bonds. The molecule has 0 aliphatic carbocycles. The minimum atomic E-state index is -0.372. The second-order valence-electron chi connectivity index (χ2n) is 7.97. The van der Waals surface area contributed by atoms with Crippen LogP contribution in [0.4, 0.5) is 10.1 Å². The average Bonchev–Trinajstić information content (AvgIpc) is 3.13. The summed E-state index contributed by atoms with van der Waals surface area (Å²) in [5.74, 6) is -0.197. The Kier molecular flexibility index (Phi) is 6.57. The summed E-state index contributed by atoms with van der Waals surface area (Å²) in [6, 6.07) is 8.30. The normalized spacial score (nSPS) is 11.5. The summed E-state index contributed by atoms with van der Waals surface area (Å²) in [5.41, 5.74) is 1.42. The number of nitrogens with zero attached hydrogens (tertiary/aromatic N) is 3. The van der Waals surface area contributed by atoms with Crippen LogP contribution in [-0.2, 0) is 11.3 Å². The molecule has 0 radical (unpaired) electrons. The highest BCUT2D eigenvalue weighted by Gasteiger charge is 2.18. The molecule has 4 rings (SSSR count). The summed E-state index contributed by atoms with van der Waals surface area (Å²) in [5, 5.41) is 4.04. The number of aryl methyl sites for hydroxylation is 1. The summed E-state index contributed by atoms with van der Waals surface area (Å²) in [4.78, 5) is 35.7. The van der Waals surface area contributed by atoms with E-state index in [1.165, 1.54) is 29.2 Å². The summed E-state index contributed by atoms with van der Waals surface area (Å²) < 4.78 is 16.0. The summed E-state index contributed by atoms with van der Waals surface area (Å²) >= 11 is 2.55. The Morgan fingerprint density at radius 1 is 1.31 bits per heavy atom. The average molecular weight is 471 g/mol. The number of hydrogen-bond donors (Lipinski definition) is 1. The lowest BCUT2D eigenvalue weighted by Gasteiger charge is -2.13. The van der Waals surface area contributed by atoms with Gasteiger partial charge in [-0.2, -0.15) is 0 Å². The Hall–Kier alpha value is -2.78. The number of thioether (sulfide) groups is 1. The number of benzene rings is 1. The van der Waals surface area contributed by atoms with Gasteiger partial charge in [-0.3, -0.25) is 14.2 Å². The highest BCUT2D eigenvalue weighted by Crippen LogP contribution is 2.30. The van der Waals surface area contributed by atoms with Crippen molar-refractivity contribution in [1.29, 1.82) is 0 Å². The van der Waals surface area contributed by atoms with E-state index in [-0.39, 0.29) is 23.0 Å². The largest absolute Gasteiger partial charge is 0.325 e. The molecule has 0 aliphatic rings. The molecule has 9 heteroatoms. The monoisotopic (exact) mass is 470 g/mol. The second-order valence-corrected chi connectivity index (χ2v) is 9.91. The fourth-order valence-corrected chi connectivity index (χ4v) is 5.08. The minimum absolute atomic E-state index is 0.0510. The van der Waals surface area contributed by atoms with Crippen molar-refractivity contribution in [2.24, 2.45) is 5.92 Å². The van der Waals surface area contributed by atoms with E-state index >= 15 is 0 Å². The predicted molar refractivity (Wildman–Crippen MR) is 129 cm³/mol. The van der Waals surface area contributed by atoms with Gasteiger partial charge in [-0.1, -0.05) is 31.7 Å². The maximum absolute atomic E-state index is 13.8. The van der Waals surface area contributed by atoms with Crippen molar-refractivity contribution in [3.05, 3.63) is 58.3 Å². The van der Waals surface area contributed by atoms with Crippen LogP contribution in [0.3, 0.4) is 0 Å². The number of carbonyl (C=O) groups excluding carboxylic acids is 1. The highest BCUT2D eigenvalue weighted by molar-refractivity contribution is 7.99. The molecule has 0 atom stereocenters. The molecule has 0 spiro atoms. The van der Waals surface area contributed by atoms with Gasteiger partial charge < -0.3 is 5.32 Å². The van der Waals surface area contributed by atoms with Crippen LogP contribution in [0.1, 0.15) is 25.8 Å². The number of hydrogen-bond acceptors (Lipinski definition) is 6. The van der Waals surface area contributed by atoms with Gasteiger partial charge in [0.2, 0.25) is 5.91 Å². The van der Waals surface area contributed by atoms with E-state index in [1.807, 2.05) is 12.1 Å². The topological polar surface area (TPSA) is 76.9 Å². The first-order valence-corrected chi connectivity index (χ1v) is 12.1. The Bertz CT molecular complexity index is 1360. The number of pyridine rings is 1. The number of fused-ring (bicyclic) bond motifs is 3. The van der Waals surface area contributed by atoms with E-state index in [0.717, 1.165) is 16.6 Å². The number of aromatic nitrogens is 3. The molecule has 3 aromatic heterocycles. The molecule has 0 aliphatic heterocycles. The summed E-state index contributed by atoms with van der Waals surface area (Å²) in [6.45, 7) is 6.38. The van der Waals surface area contributed by atoms with Crippen LogP contribution in [0.15, 0.2) is 46.5 Å². The van der Waals surface area contributed by atoms with Crippen LogP contribution in [0.2, 0.25) is 0 Å². The van der Waals surface area contributed by atoms with E-state index in [0.29, 0.717) is 39.1 Å². The van der Waals surface area contributed by atoms with Gasteiger partial charge in [0.05, 0.1) is 11.3 Å². The molecule has 0 saturated heterocycles. The molecule has 0 fully saturated rings. The van der Waals surface area contributed by atoms with Crippen molar-refractivity contribution >= 4 is 55.1 Å². The van der Waals surface area contributed by atoms with Crippen molar-refractivity contribution in [3.63, 3.8) is 0 Å². The van der Waals surface area contributed by atoms with Gasteiger partial charge in [0, 0.05) is 23.8 Å². The number of amides is 1. The summed E-state index contributed by atoms with van der Waals surface area (Å²) in [6.07, 6.45) is 2.52. The minimum Gasteiger partial charge on any atom is -0.325 e. The lowest BCUT2D eigenvalue weighted by molar-refractivity contribution is -0.113. The van der Waals surface area contributed by atoms with Crippen molar-refractivity contribution < 1.29 is 9.18 Å². The Labute approximate surface area is 192 Å². The van der Waals surface area contributed by atoms with E-state index in [1.54, 1.807) is 29.8 Å². The second kappa shape index (κ2) is 9.38. The molecule has 1 aromatic carbocycles. The molecular formula is C23H23FN4O2S2. The zero-order valence-corrected chi connectivity index (χ0v) is 19.6. The quantitative estimate of drug-likeness (QED) is 0.296. The first kappa shape index (κ1) is 22.4. The molecule has 3 heterocycles. The van der Waals surface area contributed by atoms with E-state index in [4.69, 9.17) is 4.98 Å². The van der Waals surface area contributed by atoms with Crippen LogP contribution in [0.25, 0.3) is 20.4 Å². The van der Waals surface area contributed by atoms with Crippen LogP contribution < -0.4 is 10.9 Å². The summed E-state index contributed by atoms with van der Waals surface area (Å²) in [7, 11) is 0. The lowest BCUT2D eigenvalue weighted by atomic mass is 10.1. The van der Waals surface area contributed by atoms with Crippen LogP contribution in [0.5, 0.6) is 0 Å². The fraction of sp³-hybridized carbons (Fsp3) is 0.304. The molecule has 166 valence electrons. The molecule has 4 aromatic rings. The van der Waals surface area contributed by atoms with Crippen LogP contribution >= 0.6 is 23.1 Å². The van der Waals surface area contributed by atoms with Crippen molar-refractivity contribution in [2.75, 3.05) is 11.1 Å². The van der Waals surface area contributed by atoms with Crippen molar-refractivity contribution in [2.45, 2.75) is 38.9 Å². The van der Waals surface area contributed by atoms with E-state index in [2.05, 4.69) is 24.1 Å². The van der Waals surface area contributed by atoms with E-state index < -0.39 is 0 Å². The third-order valence-electron chi connectivity index (χ3n) is 5.04. The maximum Gasteiger partial charge on any atom is 0.272 e. The Balaban J connectivity index is 1.64. The third kappa shape index (κ3) is 4.68. The molecule has 0 bridgehead atoms. The van der Waals surface area contributed by atoms with Gasteiger partial charge in [-0.25, -0.2) is 14.4 Å². The molecular weight excluding hydrogens is 447 g/mol. The van der Waals surface area contributed by atoms with Gasteiger partial charge in [0.25, 0.3) is 5.56 Å². The van der Waals surface area contributed by atoms with Crippen molar-refractivity contribution in [1.82, 2.24) is 14.5 Å². The number of nitrogens with one attached hydrogen (secondary N) is 1. The lowest BCUT2D eigenvalue weighted by Crippen LogP contribution is -2.24. The molecule has 6 nitrogen and oxygen atoms in total. The Morgan fingerprint density at radius 2 is 2.12 bits per heavy atom. The number of rotatable bonds is 7. The third-order valence-corrected chi connectivity index (χ3v) is 7.10. The van der Waals surface area contributed by atoms with Crippen LogP contribution in [-0.4, -0.2) is 26.2 Å². The smallest absolute Gasteiger partial charge is 0.272 e. The predicted octanol–water partition coefficient (Wildman–Crippen LogP) is 5.23. The first-order valence-electron chi connectivity index (χ1n) is 10.3. The first-order chi connectivity index (χ1) is 15.3. The highest BCUT2D eigenvalue weighted by atomic mass is 32.2. The standard InChI is InChI=1S/C23H23FN4O2S2/c1-13(2)8-10-28-22(30)20-19(16-5-4-9-25-21(16)32-20)27-23(28)31-12-18(29)26-15-7-6-14(3)17(24)11-15/h4-7,9,11,13H,8,10,12H2,1-3H3,(H,26,29). The van der Waals surface area contributed by atoms with Gasteiger partial charge >= 0.3 is 0 Å². The van der Waals surface area contributed by atoms with Gasteiger partial charge in [0.1, 0.15) is 15.3 Å². The SMILES string of the molecule is Cc1ccc(NC(=O)CSc2nc3c(sc4ncccc43)c(=O)n2CCC(C)C)cc1F. The molecule has 0 saturated carbocycles. The Morgan fingerprint density at radius 3 is 2.88 bits per heavy atom. The zero-order chi connectivity index (χ0) is 22.8. The maximum atomic E-state index is 13.8. The fourth-order valence-electron chi connectivity index (χ4n) is 3.23. The number of anilines is 1. The van der Waals surface area contributed by atoms with Gasteiger partial charge in [-0.05, 0) is 49.1 Å². The number of halogens is 1. The van der Waals surface area contributed by atoms with Gasteiger partial charge in [0.15, 0.2) is 5.16 Å². The number of thiophene rings is 1. The van der Waals surface area contributed by atoms with Crippen molar-refractivity contribution in [3.8, 4) is 0 Å². The molecule has 32 heavy (non-hydrogen) atoms. The number of carbonyl (C=O) groups is 1.